The van der Waals surface area contributed by atoms with E-state index in [0.29, 0.717) is 6.54 Å². The van der Waals surface area contributed by atoms with Gasteiger partial charge in [-0.25, -0.2) is 0 Å². The number of halogens is 1. The summed E-state index contributed by atoms with van der Waals surface area (Å²) in [6.07, 6.45) is 0. The zero-order valence-electron chi connectivity index (χ0n) is 8.25. The van der Waals surface area contributed by atoms with Gasteiger partial charge in [0, 0.05) is 17.6 Å². The molecule has 1 heterocycles. The van der Waals surface area contributed by atoms with Crippen molar-refractivity contribution in [3.8, 4) is 0 Å². The molecule has 1 aliphatic rings. The normalized spacial score (nSPS) is 18.1. The summed E-state index contributed by atoms with van der Waals surface area (Å²) in [5.74, 6) is 0. The zero-order valence-corrected chi connectivity index (χ0v) is 9.01. The topological polar surface area (TPSA) is 20.3 Å². The fourth-order valence-corrected chi connectivity index (χ4v) is 2.15. The molecule has 2 nitrogen and oxygen atoms in total. The standard InChI is InChI=1S/C11H12ClNO/c1-11(2)7-13(10(12)14)9-6-4-3-5-8(9)11/h3-6H,7H2,1-2H3. The van der Waals surface area contributed by atoms with E-state index in [2.05, 4.69) is 19.9 Å². The van der Waals surface area contributed by atoms with Crippen LogP contribution in [-0.2, 0) is 5.41 Å². The van der Waals surface area contributed by atoms with Gasteiger partial charge in [0.25, 0.3) is 0 Å². The minimum atomic E-state index is -0.400. The van der Waals surface area contributed by atoms with Crippen molar-refractivity contribution in [3.63, 3.8) is 0 Å². The number of fused-ring (bicyclic) bond motifs is 1. The Morgan fingerprint density at radius 2 is 2.07 bits per heavy atom. The predicted molar refractivity (Wildman–Crippen MR) is 58.1 cm³/mol. The van der Waals surface area contributed by atoms with Crippen LogP contribution in [0.5, 0.6) is 0 Å². The van der Waals surface area contributed by atoms with E-state index in [0.717, 1.165) is 5.69 Å². The summed E-state index contributed by atoms with van der Waals surface area (Å²) >= 11 is 5.53. The highest BCUT2D eigenvalue weighted by Crippen LogP contribution is 2.40. The fourth-order valence-electron chi connectivity index (χ4n) is 2.00. The first-order valence-electron chi connectivity index (χ1n) is 4.59. The number of hydrogen-bond donors (Lipinski definition) is 0. The van der Waals surface area contributed by atoms with Gasteiger partial charge in [-0.15, -0.1) is 0 Å². The van der Waals surface area contributed by atoms with Gasteiger partial charge in [0.15, 0.2) is 0 Å². The lowest BCUT2D eigenvalue weighted by Gasteiger charge is -2.18. The number of para-hydroxylation sites is 1. The fraction of sp³-hybridized carbons (Fsp3) is 0.364. The summed E-state index contributed by atoms with van der Waals surface area (Å²) in [6.45, 7) is 4.89. The van der Waals surface area contributed by atoms with Crippen molar-refractivity contribution in [2.75, 3.05) is 11.4 Å². The van der Waals surface area contributed by atoms with E-state index >= 15 is 0 Å². The van der Waals surface area contributed by atoms with Crippen molar-refractivity contribution in [3.05, 3.63) is 29.8 Å². The molecule has 0 spiro atoms. The summed E-state index contributed by atoms with van der Waals surface area (Å²) in [5.41, 5.74) is 2.13. The second kappa shape index (κ2) is 2.99. The summed E-state index contributed by atoms with van der Waals surface area (Å²) < 4.78 is 0. The smallest absolute Gasteiger partial charge is 0.298 e. The Bertz CT molecular complexity index is 387. The van der Waals surface area contributed by atoms with Crippen molar-refractivity contribution in [2.45, 2.75) is 19.3 Å². The van der Waals surface area contributed by atoms with Crippen LogP contribution in [-0.4, -0.2) is 11.9 Å². The second-order valence-corrected chi connectivity index (χ2v) is 4.56. The van der Waals surface area contributed by atoms with Crippen molar-refractivity contribution in [1.29, 1.82) is 0 Å². The highest BCUT2D eigenvalue weighted by molar-refractivity contribution is 6.66. The molecule has 2 rings (SSSR count). The van der Waals surface area contributed by atoms with Gasteiger partial charge < -0.3 is 0 Å². The number of amides is 1. The van der Waals surface area contributed by atoms with Crippen molar-refractivity contribution in [1.82, 2.24) is 0 Å². The van der Waals surface area contributed by atoms with Crippen LogP contribution in [0.3, 0.4) is 0 Å². The number of carbonyl (C=O) groups is 1. The number of anilines is 1. The van der Waals surface area contributed by atoms with Gasteiger partial charge in [0.2, 0.25) is 0 Å². The highest BCUT2D eigenvalue weighted by Gasteiger charge is 2.36. The molecule has 0 aromatic heterocycles. The molecular weight excluding hydrogens is 198 g/mol. The molecule has 0 saturated carbocycles. The van der Waals surface area contributed by atoms with Crippen molar-refractivity contribution in [2.24, 2.45) is 0 Å². The Kier molecular flexibility index (Phi) is 2.04. The van der Waals surface area contributed by atoms with E-state index < -0.39 is 5.37 Å². The van der Waals surface area contributed by atoms with Crippen molar-refractivity contribution >= 4 is 22.7 Å². The SMILES string of the molecule is CC1(C)CN(C(=O)Cl)c2ccccc21. The predicted octanol–water partition coefficient (Wildman–Crippen LogP) is 3.14. The molecule has 1 aliphatic heterocycles. The maximum Gasteiger partial charge on any atom is 0.320 e. The van der Waals surface area contributed by atoms with Gasteiger partial charge in [-0.2, -0.15) is 0 Å². The third kappa shape index (κ3) is 1.30. The van der Waals surface area contributed by atoms with Gasteiger partial charge in [-0.05, 0) is 23.2 Å². The van der Waals surface area contributed by atoms with E-state index in [1.807, 2.05) is 18.2 Å². The van der Waals surface area contributed by atoms with Crippen LogP contribution in [0, 0.1) is 0 Å². The Hall–Kier alpha value is -1.02. The highest BCUT2D eigenvalue weighted by atomic mass is 35.5. The number of nitrogens with zero attached hydrogens (tertiary/aromatic N) is 1. The number of hydrogen-bond acceptors (Lipinski definition) is 1. The lowest BCUT2D eigenvalue weighted by atomic mass is 9.87. The molecule has 1 aromatic rings. The first-order chi connectivity index (χ1) is 6.52. The van der Waals surface area contributed by atoms with E-state index in [4.69, 9.17) is 11.6 Å². The first kappa shape index (κ1) is 9.53. The maximum atomic E-state index is 11.2. The third-order valence-electron chi connectivity index (χ3n) is 2.69. The molecule has 14 heavy (non-hydrogen) atoms. The first-order valence-corrected chi connectivity index (χ1v) is 4.97. The van der Waals surface area contributed by atoms with Gasteiger partial charge in [-0.1, -0.05) is 32.0 Å². The Balaban J connectivity index is 2.55. The van der Waals surface area contributed by atoms with Gasteiger partial charge >= 0.3 is 5.37 Å². The van der Waals surface area contributed by atoms with Gasteiger partial charge in [-0.3, -0.25) is 9.69 Å². The van der Waals surface area contributed by atoms with Crippen molar-refractivity contribution < 1.29 is 4.79 Å². The molecule has 0 atom stereocenters. The van der Waals surface area contributed by atoms with Crippen LogP contribution in [0.4, 0.5) is 10.5 Å². The zero-order chi connectivity index (χ0) is 10.3. The molecule has 1 amide bonds. The largest absolute Gasteiger partial charge is 0.320 e. The Labute approximate surface area is 88.5 Å². The molecule has 3 heteroatoms. The molecule has 0 fully saturated rings. The molecule has 0 unspecified atom stereocenters. The molecule has 0 N–H and O–H groups in total. The molecule has 0 saturated heterocycles. The summed E-state index contributed by atoms with van der Waals surface area (Å²) in [4.78, 5) is 12.8. The van der Waals surface area contributed by atoms with Crippen LogP contribution in [0.1, 0.15) is 19.4 Å². The second-order valence-electron chi connectivity index (χ2n) is 4.24. The number of rotatable bonds is 0. The minimum absolute atomic E-state index is 0.00113. The molecule has 0 bridgehead atoms. The Morgan fingerprint density at radius 1 is 1.43 bits per heavy atom. The summed E-state index contributed by atoms with van der Waals surface area (Å²) in [6, 6.07) is 7.90. The van der Waals surface area contributed by atoms with Gasteiger partial charge in [0.1, 0.15) is 0 Å². The van der Waals surface area contributed by atoms with Crippen LogP contribution >= 0.6 is 11.6 Å². The monoisotopic (exact) mass is 209 g/mol. The molecule has 74 valence electrons. The average molecular weight is 210 g/mol. The quantitative estimate of drug-likeness (QED) is 0.475. The lowest BCUT2D eigenvalue weighted by Crippen LogP contribution is -2.30. The molecule has 0 radical (unpaired) electrons. The third-order valence-corrected chi connectivity index (χ3v) is 2.89. The van der Waals surface area contributed by atoms with E-state index in [-0.39, 0.29) is 5.41 Å². The van der Waals surface area contributed by atoms with Gasteiger partial charge in [0.05, 0.1) is 0 Å². The minimum Gasteiger partial charge on any atom is -0.298 e. The Morgan fingerprint density at radius 3 is 2.71 bits per heavy atom. The average Bonchev–Trinajstić information content (AvgIpc) is 2.40. The van der Waals surface area contributed by atoms with E-state index in [1.54, 1.807) is 4.90 Å². The summed E-state index contributed by atoms with van der Waals surface area (Å²) in [5, 5.41) is -0.400. The van der Waals surface area contributed by atoms with E-state index in [9.17, 15) is 4.79 Å². The van der Waals surface area contributed by atoms with E-state index in [1.165, 1.54) is 5.56 Å². The molecule has 1 aromatic carbocycles. The number of benzene rings is 1. The van der Waals surface area contributed by atoms with Crippen LogP contribution in [0.15, 0.2) is 24.3 Å². The lowest BCUT2D eigenvalue weighted by molar-refractivity contribution is 0.263. The van der Waals surface area contributed by atoms with Crippen LogP contribution < -0.4 is 4.90 Å². The molecule has 0 aliphatic carbocycles. The molecular formula is C11H12ClNO. The van der Waals surface area contributed by atoms with Crippen LogP contribution in [0.25, 0.3) is 0 Å². The maximum absolute atomic E-state index is 11.2. The summed E-state index contributed by atoms with van der Waals surface area (Å²) in [7, 11) is 0. The number of carbonyl (C=O) groups excluding carboxylic acids is 1. The van der Waals surface area contributed by atoms with Crippen LogP contribution in [0.2, 0.25) is 0 Å².